The maximum Gasteiger partial charge on any atom is 0.227 e. The number of amides is 2. The van der Waals surface area contributed by atoms with Gasteiger partial charge >= 0.3 is 0 Å². The summed E-state index contributed by atoms with van der Waals surface area (Å²) >= 11 is 0. The average molecular weight is 317 g/mol. The van der Waals surface area contributed by atoms with Crippen molar-refractivity contribution in [2.24, 2.45) is 23.5 Å². The molecule has 2 amide bonds. The van der Waals surface area contributed by atoms with Crippen LogP contribution in [0.3, 0.4) is 0 Å². The van der Waals surface area contributed by atoms with E-state index in [1.165, 1.54) is 0 Å². The summed E-state index contributed by atoms with van der Waals surface area (Å²) in [4.78, 5) is 24.3. The smallest absolute Gasteiger partial charge is 0.227 e. The molecule has 1 saturated carbocycles. The Labute approximate surface area is 138 Å². The largest absolute Gasteiger partial charge is 0.330 e. The van der Waals surface area contributed by atoms with Crippen molar-refractivity contribution in [1.29, 1.82) is 0 Å². The highest BCUT2D eigenvalue weighted by Gasteiger charge is 2.32. The predicted molar refractivity (Wildman–Crippen MR) is 93.2 cm³/mol. The lowest BCUT2D eigenvalue weighted by Crippen LogP contribution is -2.30. The first-order valence-corrected chi connectivity index (χ1v) is 8.34. The number of carbonyl (C=O) groups excluding carboxylic acids is 2. The molecule has 5 heteroatoms. The third-order valence-corrected chi connectivity index (χ3v) is 4.59. The Balaban J connectivity index is 2.09. The molecule has 1 fully saturated rings. The minimum absolute atomic E-state index is 0.00619. The number of carbonyl (C=O) groups is 2. The van der Waals surface area contributed by atoms with Gasteiger partial charge in [0.15, 0.2) is 0 Å². The maximum absolute atomic E-state index is 12.5. The van der Waals surface area contributed by atoms with E-state index in [0.717, 1.165) is 30.5 Å². The van der Waals surface area contributed by atoms with Gasteiger partial charge in [0.1, 0.15) is 0 Å². The zero-order valence-corrected chi connectivity index (χ0v) is 14.2. The first-order valence-electron chi connectivity index (χ1n) is 8.34. The van der Waals surface area contributed by atoms with E-state index in [1.54, 1.807) is 0 Å². The van der Waals surface area contributed by atoms with Crippen LogP contribution in [-0.2, 0) is 9.59 Å². The number of benzene rings is 1. The number of hydrogen-bond donors (Lipinski definition) is 3. The Hall–Kier alpha value is -1.88. The van der Waals surface area contributed by atoms with Gasteiger partial charge in [-0.3, -0.25) is 9.59 Å². The van der Waals surface area contributed by atoms with Crippen LogP contribution in [0.2, 0.25) is 0 Å². The monoisotopic (exact) mass is 317 g/mol. The summed E-state index contributed by atoms with van der Waals surface area (Å²) in [5, 5.41) is 5.87. The van der Waals surface area contributed by atoms with Crippen molar-refractivity contribution in [2.45, 2.75) is 40.0 Å². The van der Waals surface area contributed by atoms with Crippen molar-refractivity contribution in [1.82, 2.24) is 0 Å². The second kappa shape index (κ2) is 7.59. The molecule has 0 aromatic heterocycles. The Morgan fingerprint density at radius 2 is 2.00 bits per heavy atom. The molecule has 2 rings (SSSR count). The summed E-state index contributed by atoms with van der Waals surface area (Å²) < 4.78 is 0. The Bertz CT molecular complexity index is 584. The molecule has 5 nitrogen and oxygen atoms in total. The normalized spacial score (nSPS) is 20.6. The van der Waals surface area contributed by atoms with Crippen molar-refractivity contribution in [3.63, 3.8) is 0 Å². The number of aryl methyl sites for hydroxylation is 1. The molecule has 4 N–H and O–H groups in total. The summed E-state index contributed by atoms with van der Waals surface area (Å²) in [7, 11) is 0. The van der Waals surface area contributed by atoms with Crippen molar-refractivity contribution in [3.8, 4) is 0 Å². The molecule has 1 aromatic carbocycles. The van der Waals surface area contributed by atoms with Gasteiger partial charge in [0.05, 0.1) is 0 Å². The number of nitrogens with two attached hydrogens (primary N) is 1. The number of anilines is 2. The highest BCUT2D eigenvalue weighted by atomic mass is 16.2. The van der Waals surface area contributed by atoms with Gasteiger partial charge in [-0.1, -0.05) is 26.3 Å². The van der Waals surface area contributed by atoms with Gasteiger partial charge in [-0.2, -0.15) is 0 Å². The SMILES string of the molecule is Cc1ccc(NC(=O)C(C)C)cc1NC(=O)[C@@H]1CCC[C@@H]1CN. The molecule has 0 saturated heterocycles. The molecule has 0 spiro atoms. The summed E-state index contributed by atoms with van der Waals surface area (Å²) in [5.41, 5.74) is 8.19. The molecule has 0 aliphatic heterocycles. The number of nitrogens with one attached hydrogen (secondary N) is 2. The molecule has 1 aliphatic rings. The van der Waals surface area contributed by atoms with Crippen LogP contribution in [0.4, 0.5) is 11.4 Å². The van der Waals surface area contributed by atoms with Crippen LogP contribution in [0.25, 0.3) is 0 Å². The lowest BCUT2D eigenvalue weighted by molar-refractivity contribution is -0.121. The summed E-state index contributed by atoms with van der Waals surface area (Å²) in [6.07, 6.45) is 2.98. The fourth-order valence-electron chi connectivity index (χ4n) is 3.01. The van der Waals surface area contributed by atoms with Crippen molar-refractivity contribution >= 4 is 23.2 Å². The molecule has 1 aliphatic carbocycles. The van der Waals surface area contributed by atoms with E-state index in [9.17, 15) is 9.59 Å². The molecule has 2 atom stereocenters. The quantitative estimate of drug-likeness (QED) is 0.780. The first kappa shape index (κ1) is 17.5. The van der Waals surface area contributed by atoms with Crippen LogP contribution in [-0.4, -0.2) is 18.4 Å². The molecule has 23 heavy (non-hydrogen) atoms. The summed E-state index contributed by atoms with van der Waals surface area (Å²) in [6.45, 7) is 6.19. The molecular weight excluding hydrogens is 290 g/mol. The molecule has 0 heterocycles. The fraction of sp³-hybridized carbons (Fsp3) is 0.556. The average Bonchev–Trinajstić information content (AvgIpc) is 2.99. The second-order valence-corrected chi connectivity index (χ2v) is 6.70. The number of rotatable bonds is 5. The summed E-state index contributed by atoms with van der Waals surface area (Å²) in [5.74, 6) is 0.184. The Kier molecular flexibility index (Phi) is 5.77. The number of hydrogen-bond acceptors (Lipinski definition) is 3. The van der Waals surface area contributed by atoms with E-state index >= 15 is 0 Å². The van der Waals surface area contributed by atoms with Gasteiger partial charge in [0.2, 0.25) is 11.8 Å². The minimum atomic E-state index is -0.0851. The van der Waals surface area contributed by atoms with Crippen LogP contribution < -0.4 is 16.4 Å². The molecule has 1 aromatic rings. The lowest BCUT2D eigenvalue weighted by atomic mass is 9.95. The molecule has 126 valence electrons. The zero-order valence-electron chi connectivity index (χ0n) is 14.2. The summed E-state index contributed by atoms with van der Waals surface area (Å²) in [6, 6.07) is 5.57. The van der Waals surface area contributed by atoms with Crippen LogP contribution in [0.15, 0.2) is 18.2 Å². The van der Waals surface area contributed by atoms with E-state index in [2.05, 4.69) is 10.6 Å². The van der Waals surface area contributed by atoms with Crippen LogP contribution in [0.5, 0.6) is 0 Å². The van der Waals surface area contributed by atoms with Gasteiger partial charge in [-0.15, -0.1) is 0 Å². The fourth-order valence-corrected chi connectivity index (χ4v) is 3.01. The highest BCUT2D eigenvalue weighted by Crippen LogP contribution is 2.32. The van der Waals surface area contributed by atoms with Crippen LogP contribution in [0, 0.1) is 24.7 Å². The van der Waals surface area contributed by atoms with E-state index in [4.69, 9.17) is 5.73 Å². The van der Waals surface area contributed by atoms with Gasteiger partial charge < -0.3 is 16.4 Å². The predicted octanol–water partition coefficient (Wildman–Crippen LogP) is 2.90. The van der Waals surface area contributed by atoms with Crippen molar-refractivity contribution in [2.75, 3.05) is 17.2 Å². The van der Waals surface area contributed by atoms with E-state index in [0.29, 0.717) is 12.2 Å². The maximum atomic E-state index is 12.5. The minimum Gasteiger partial charge on any atom is -0.330 e. The van der Waals surface area contributed by atoms with Gasteiger partial charge in [0.25, 0.3) is 0 Å². The topological polar surface area (TPSA) is 84.2 Å². The van der Waals surface area contributed by atoms with Crippen LogP contribution >= 0.6 is 0 Å². The van der Waals surface area contributed by atoms with Crippen molar-refractivity contribution in [3.05, 3.63) is 23.8 Å². The van der Waals surface area contributed by atoms with E-state index < -0.39 is 0 Å². The molecule has 0 unspecified atom stereocenters. The highest BCUT2D eigenvalue weighted by molar-refractivity contribution is 5.96. The molecule has 0 radical (unpaired) electrons. The van der Waals surface area contributed by atoms with Gasteiger partial charge in [-0.05, 0) is 49.9 Å². The Morgan fingerprint density at radius 3 is 2.65 bits per heavy atom. The first-order chi connectivity index (χ1) is 10.9. The van der Waals surface area contributed by atoms with E-state index in [1.807, 2.05) is 39.0 Å². The second-order valence-electron chi connectivity index (χ2n) is 6.70. The third kappa shape index (κ3) is 4.32. The lowest BCUT2D eigenvalue weighted by Gasteiger charge is -2.19. The van der Waals surface area contributed by atoms with Gasteiger partial charge in [-0.25, -0.2) is 0 Å². The molecule has 0 bridgehead atoms. The van der Waals surface area contributed by atoms with Gasteiger partial charge in [0, 0.05) is 23.2 Å². The van der Waals surface area contributed by atoms with Crippen LogP contribution in [0.1, 0.15) is 38.7 Å². The Morgan fingerprint density at radius 1 is 1.26 bits per heavy atom. The third-order valence-electron chi connectivity index (χ3n) is 4.59. The van der Waals surface area contributed by atoms with Crippen molar-refractivity contribution < 1.29 is 9.59 Å². The zero-order chi connectivity index (χ0) is 17.0. The molecular formula is C18H27N3O2. The van der Waals surface area contributed by atoms with E-state index in [-0.39, 0.29) is 29.6 Å². The standard InChI is InChI=1S/C18H27N3O2/c1-11(2)17(22)20-14-8-7-12(3)16(9-14)21-18(23)15-6-4-5-13(15)10-19/h7-9,11,13,15H,4-6,10,19H2,1-3H3,(H,20,22)(H,21,23)/t13-,15-/m1/s1.